The van der Waals surface area contributed by atoms with E-state index in [1.54, 1.807) is 0 Å². The Bertz CT molecular complexity index is 36.0. The fourth-order valence-corrected chi connectivity index (χ4v) is 0. The van der Waals surface area contributed by atoms with E-state index in [4.69, 9.17) is 19.2 Å². The second kappa shape index (κ2) is 12.8. The Morgan fingerprint density at radius 2 is 0.889 bits per heavy atom. The van der Waals surface area contributed by atoms with Crippen LogP contribution in [0.15, 0.2) is 0 Å². The first kappa shape index (κ1) is 30.3. The van der Waals surface area contributed by atoms with Gasteiger partial charge in [0.05, 0.1) is 0 Å². The molecule has 0 heterocycles. The van der Waals surface area contributed by atoms with Crippen molar-refractivity contribution in [2.45, 2.75) is 0 Å². The Labute approximate surface area is 96.7 Å². The summed E-state index contributed by atoms with van der Waals surface area (Å²) in [4.78, 5) is 34.3. The van der Waals surface area contributed by atoms with Gasteiger partial charge in [0.1, 0.15) is 0 Å². The number of rotatable bonds is 0. The third-order valence-electron chi connectivity index (χ3n) is 0. The topological polar surface area (TPSA) is 92.2 Å². The van der Waals surface area contributed by atoms with Crippen LogP contribution in [-0.2, 0) is 50.3 Å². The van der Waals surface area contributed by atoms with Crippen molar-refractivity contribution in [3.05, 3.63) is 0 Å². The van der Waals surface area contributed by atoms with Crippen LogP contribution >= 0.6 is 0 Å². The largest absolute Gasteiger partial charge is 2.00 e. The molecule has 0 aromatic rings. The van der Waals surface area contributed by atoms with Gasteiger partial charge in [0.15, 0.2) is 0 Å². The van der Waals surface area contributed by atoms with E-state index < -0.39 is 9.05 Å². The van der Waals surface area contributed by atoms with Crippen LogP contribution < -0.4 is 38.0 Å². The van der Waals surface area contributed by atoms with Crippen molar-refractivity contribution in [2.75, 3.05) is 0 Å². The minimum atomic E-state index is -5.61. The van der Waals surface area contributed by atoms with Crippen LogP contribution in [0.4, 0.5) is 0 Å². The zero-order valence-corrected chi connectivity index (χ0v) is 8.37. The molecule has 0 aliphatic rings. The first-order valence-corrected chi connectivity index (χ1v) is 2.45. The monoisotopic (exact) mass is 271 g/mol. The van der Waals surface area contributed by atoms with Crippen LogP contribution in [0.5, 0.6) is 0 Å². The molecule has 0 aromatic carbocycles. The van der Waals surface area contributed by atoms with E-state index in [0.717, 1.165) is 0 Å². The molecule has 9 heteroatoms. The van der Waals surface area contributed by atoms with Crippen molar-refractivity contribution in [1.82, 2.24) is 0 Å². The summed E-state index contributed by atoms with van der Waals surface area (Å²) in [7, 11) is -5.61. The molecule has 0 unspecified atom stereocenters. The molecule has 0 N–H and O–H groups in total. The van der Waals surface area contributed by atoms with Crippen LogP contribution in [0, 0.1) is 0 Å². The third-order valence-corrected chi connectivity index (χ3v) is 0. The molecule has 0 aromatic heterocycles. The maximum atomic E-state index is 8.58. The quantitative estimate of drug-likeness (QED) is 0.409. The molecule has 0 spiro atoms. The number of hydrogen-bond acceptors (Lipinski definition) is 4. The summed E-state index contributed by atoms with van der Waals surface area (Å²) >= 11 is 0. The van der Waals surface area contributed by atoms with Crippen molar-refractivity contribution in [1.29, 1.82) is 0 Å². The average molecular weight is 272 g/mol. The predicted molar refractivity (Wildman–Crippen MR) is 5.75 cm³/mol. The van der Waals surface area contributed by atoms with Gasteiger partial charge >= 0.3 is 69.2 Å². The molecule has 0 fully saturated rings. The molecule has 0 aliphatic carbocycles. The van der Waals surface area contributed by atoms with Gasteiger partial charge in [-0.05, 0) is 0 Å². The molecule has 0 rings (SSSR count). The molecular weight excluding hydrogens is 272 g/mol. The summed E-state index contributed by atoms with van der Waals surface area (Å²) in [6.45, 7) is 0. The minimum absolute atomic E-state index is 0. The van der Waals surface area contributed by atoms with E-state index in [9.17, 15) is 0 Å². The van der Waals surface area contributed by atoms with Gasteiger partial charge in [-0.3, -0.25) is 0 Å². The van der Waals surface area contributed by atoms with E-state index in [0.29, 0.717) is 0 Å². The smallest absolute Gasteiger partial charge is 0.894 e. The SMILES string of the molecule is [Co+2].[Li+].[Mn+2].[Ni+2].[O-][Si]([O-])([O-])[O-]. The van der Waals surface area contributed by atoms with Gasteiger partial charge in [-0.15, -0.1) is 0 Å². The summed E-state index contributed by atoms with van der Waals surface area (Å²) in [5, 5.41) is 0. The molecule has 0 saturated carbocycles. The molecule has 4 nitrogen and oxygen atoms in total. The van der Waals surface area contributed by atoms with E-state index in [2.05, 4.69) is 0 Å². The number of hydrogen-bond donors (Lipinski definition) is 0. The molecule has 0 aliphatic heterocycles. The van der Waals surface area contributed by atoms with Crippen LogP contribution in [0.3, 0.4) is 0 Å². The van der Waals surface area contributed by atoms with Crippen LogP contribution in [0.1, 0.15) is 0 Å². The van der Waals surface area contributed by atoms with Crippen molar-refractivity contribution < 1.29 is 88.4 Å². The van der Waals surface area contributed by atoms with Gasteiger partial charge in [-0.1, -0.05) is 0 Å². The second-order valence-corrected chi connectivity index (χ2v) is 1.50. The van der Waals surface area contributed by atoms with E-state index in [1.807, 2.05) is 0 Å². The van der Waals surface area contributed by atoms with E-state index >= 15 is 0 Å². The zero-order chi connectivity index (χ0) is 4.50. The molecule has 0 atom stereocenters. The van der Waals surface area contributed by atoms with Gasteiger partial charge in [-0.2, -0.15) is 0 Å². The minimum Gasteiger partial charge on any atom is -0.894 e. The normalized spacial score (nSPS) is 6.67. The predicted octanol–water partition coefficient (Wildman–Crippen LogP) is -8.14. The molecule has 0 amide bonds. The van der Waals surface area contributed by atoms with Crippen LogP contribution in [0.2, 0.25) is 0 Å². The molecule has 52 valence electrons. The Morgan fingerprint density at radius 1 is 0.889 bits per heavy atom. The Morgan fingerprint density at radius 3 is 0.889 bits per heavy atom. The summed E-state index contributed by atoms with van der Waals surface area (Å²) in [6.07, 6.45) is 0. The van der Waals surface area contributed by atoms with Crippen LogP contribution in [-0.4, -0.2) is 9.05 Å². The standard InChI is InChI=1S/Co.Li.Mn.Ni.O4Si/c;;;;1-5(2,3)4/q+2;+1;2*+2;-4. The Balaban J connectivity index is -0.0000000133. The van der Waals surface area contributed by atoms with Gasteiger partial charge in [0.25, 0.3) is 0 Å². The zero-order valence-electron chi connectivity index (χ0n) is 4.16. The van der Waals surface area contributed by atoms with Crippen molar-refractivity contribution in [3.63, 3.8) is 0 Å². The van der Waals surface area contributed by atoms with Crippen molar-refractivity contribution >= 4 is 9.05 Å². The molecule has 2 radical (unpaired) electrons. The summed E-state index contributed by atoms with van der Waals surface area (Å²) in [5.74, 6) is 0. The average Bonchev–Trinajstić information content (AvgIpc) is 0.722. The Kier molecular flexibility index (Phi) is 43.2. The fraction of sp³-hybridized carbons (Fsp3) is 0. The summed E-state index contributed by atoms with van der Waals surface area (Å²) in [6, 6.07) is 0. The second-order valence-electron chi connectivity index (χ2n) is 0.500. The van der Waals surface area contributed by atoms with Gasteiger partial charge < -0.3 is 28.2 Å². The van der Waals surface area contributed by atoms with Gasteiger partial charge in [0.2, 0.25) is 0 Å². The van der Waals surface area contributed by atoms with Gasteiger partial charge in [0, 0.05) is 0 Å². The van der Waals surface area contributed by atoms with Crippen molar-refractivity contribution in [2.24, 2.45) is 0 Å². The first-order chi connectivity index (χ1) is 2.00. The Hall–Kier alpha value is 2.17. The maximum Gasteiger partial charge on any atom is 2.00 e. The fourth-order valence-electron chi connectivity index (χ4n) is 0. The van der Waals surface area contributed by atoms with E-state index in [-0.39, 0.29) is 69.2 Å². The summed E-state index contributed by atoms with van der Waals surface area (Å²) < 4.78 is 0. The molecule has 9 heavy (non-hydrogen) atoms. The summed E-state index contributed by atoms with van der Waals surface area (Å²) in [5.41, 5.74) is 0. The first-order valence-electron chi connectivity index (χ1n) is 0.816. The molecular formula is CoLiMnNiO4Si+3. The maximum absolute atomic E-state index is 8.58. The van der Waals surface area contributed by atoms with Crippen molar-refractivity contribution in [3.8, 4) is 0 Å². The third kappa shape index (κ3) is 144. The van der Waals surface area contributed by atoms with Gasteiger partial charge in [-0.25, -0.2) is 0 Å². The van der Waals surface area contributed by atoms with E-state index in [1.165, 1.54) is 0 Å². The molecule has 0 bridgehead atoms. The molecule has 0 saturated heterocycles. The van der Waals surface area contributed by atoms with Crippen LogP contribution in [0.25, 0.3) is 0 Å².